The Bertz CT molecular complexity index is 1200. The number of urea groups is 1. The van der Waals surface area contributed by atoms with Crippen LogP contribution >= 0.6 is 12.4 Å². The molecular weight excluding hydrogens is 514 g/mol. The largest absolute Gasteiger partial charge is 0.497 e. The van der Waals surface area contributed by atoms with Gasteiger partial charge >= 0.3 is 6.03 Å². The summed E-state index contributed by atoms with van der Waals surface area (Å²) in [6, 6.07) is 24.9. The zero-order valence-electron chi connectivity index (χ0n) is 22.5. The lowest BCUT2D eigenvalue weighted by atomic mass is 9.82. The second-order valence-electron chi connectivity index (χ2n) is 9.97. The number of nitrogens with zero attached hydrogens (tertiary/aromatic N) is 2. The summed E-state index contributed by atoms with van der Waals surface area (Å²) in [6.45, 7) is 3.29. The van der Waals surface area contributed by atoms with E-state index < -0.39 is 5.54 Å². The van der Waals surface area contributed by atoms with Crippen molar-refractivity contribution in [3.8, 4) is 11.5 Å². The first-order chi connectivity index (χ1) is 18.5. The summed E-state index contributed by atoms with van der Waals surface area (Å²) in [5.41, 5.74) is 1.49. The summed E-state index contributed by atoms with van der Waals surface area (Å²) in [5, 5.41) is 3.03. The van der Waals surface area contributed by atoms with E-state index in [1.54, 1.807) is 14.2 Å². The van der Waals surface area contributed by atoms with Crippen LogP contribution in [-0.2, 0) is 10.3 Å². The third kappa shape index (κ3) is 5.75. The van der Waals surface area contributed by atoms with Gasteiger partial charge in [-0.25, -0.2) is 4.79 Å². The number of benzene rings is 3. The molecule has 5 rings (SSSR count). The molecule has 2 heterocycles. The van der Waals surface area contributed by atoms with Gasteiger partial charge in [-0.15, -0.1) is 12.4 Å². The minimum Gasteiger partial charge on any atom is -0.497 e. The molecule has 2 aliphatic heterocycles. The fourth-order valence-corrected chi connectivity index (χ4v) is 5.69. The number of hydrogen-bond donors (Lipinski definition) is 1. The maximum absolute atomic E-state index is 14.0. The van der Waals surface area contributed by atoms with Crippen LogP contribution in [0.3, 0.4) is 0 Å². The topological polar surface area (TPSA) is 71.1 Å². The summed E-state index contributed by atoms with van der Waals surface area (Å²) < 4.78 is 10.6. The van der Waals surface area contributed by atoms with Crippen molar-refractivity contribution in [3.63, 3.8) is 0 Å². The predicted molar refractivity (Wildman–Crippen MR) is 154 cm³/mol. The van der Waals surface area contributed by atoms with Crippen molar-refractivity contribution in [2.75, 3.05) is 40.4 Å². The Kier molecular flexibility index (Phi) is 9.15. The van der Waals surface area contributed by atoms with Crippen molar-refractivity contribution in [3.05, 3.63) is 95.6 Å². The molecule has 8 heteroatoms. The van der Waals surface area contributed by atoms with Crippen molar-refractivity contribution in [1.82, 2.24) is 15.1 Å². The van der Waals surface area contributed by atoms with E-state index in [9.17, 15) is 9.59 Å². The number of carbonyl (C=O) groups is 2. The van der Waals surface area contributed by atoms with Crippen molar-refractivity contribution < 1.29 is 19.1 Å². The number of amides is 3. The van der Waals surface area contributed by atoms with Crippen molar-refractivity contribution in [2.24, 2.45) is 0 Å². The standard InChI is InChI=1S/C31H35N3O4.ClH/c1-37-27-13-9-25(10-14-27)31(26-11-15-28(38-2)16-12-26)29(35)34(30(36)32-31)20-6-19-33-21-17-24(18-22-33)23-7-4-3-5-8-23;/h3-5,7-16,24H,6,17-22H2,1-2H3,(H,32,36);1H. The first-order valence-electron chi connectivity index (χ1n) is 13.3. The lowest BCUT2D eigenvalue weighted by Gasteiger charge is -2.32. The smallest absolute Gasteiger partial charge is 0.325 e. The number of nitrogens with one attached hydrogen (secondary N) is 1. The second kappa shape index (κ2) is 12.5. The maximum atomic E-state index is 14.0. The molecule has 206 valence electrons. The first-order valence-corrected chi connectivity index (χ1v) is 13.3. The number of ether oxygens (including phenoxy) is 2. The lowest BCUT2D eigenvalue weighted by Crippen LogP contribution is -2.45. The van der Waals surface area contributed by atoms with Crippen molar-refractivity contribution in [1.29, 1.82) is 0 Å². The van der Waals surface area contributed by atoms with Crippen LogP contribution in [0, 0.1) is 0 Å². The molecule has 0 bridgehead atoms. The van der Waals surface area contributed by atoms with Crippen molar-refractivity contribution >= 4 is 24.3 Å². The molecule has 3 aromatic carbocycles. The molecule has 0 radical (unpaired) electrons. The van der Waals surface area contributed by atoms with E-state index >= 15 is 0 Å². The van der Waals surface area contributed by atoms with Crippen molar-refractivity contribution in [2.45, 2.75) is 30.7 Å². The number of halogens is 1. The van der Waals surface area contributed by atoms with E-state index in [0.717, 1.165) is 38.9 Å². The predicted octanol–water partition coefficient (Wildman–Crippen LogP) is 5.19. The highest BCUT2D eigenvalue weighted by atomic mass is 35.5. The first kappa shape index (κ1) is 28.5. The molecular formula is C31H36ClN3O4. The Balaban J connectivity index is 0.00000353. The summed E-state index contributed by atoms with van der Waals surface area (Å²) >= 11 is 0. The Morgan fingerprint density at radius 1 is 0.795 bits per heavy atom. The van der Waals surface area contributed by atoms with E-state index in [1.807, 2.05) is 48.5 Å². The molecule has 2 fully saturated rings. The summed E-state index contributed by atoms with van der Waals surface area (Å²) in [5.74, 6) is 1.71. The second-order valence-corrected chi connectivity index (χ2v) is 9.97. The number of likely N-dealkylation sites (tertiary alicyclic amines) is 1. The zero-order chi connectivity index (χ0) is 26.5. The van der Waals surface area contributed by atoms with Gasteiger partial charge in [0, 0.05) is 6.54 Å². The van der Waals surface area contributed by atoms with Gasteiger partial charge in [-0.2, -0.15) is 0 Å². The van der Waals surface area contributed by atoms with Gasteiger partial charge in [0.05, 0.1) is 14.2 Å². The normalized spacial score (nSPS) is 17.4. The molecule has 2 aliphatic rings. The number of hydrogen-bond acceptors (Lipinski definition) is 5. The minimum atomic E-state index is -1.30. The molecule has 7 nitrogen and oxygen atoms in total. The van der Waals surface area contributed by atoms with E-state index in [4.69, 9.17) is 9.47 Å². The molecule has 3 aromatic rings. The molecule has 0 atom stereocenters. The van der Waals surface area contributed by atoms with Crippen LogP contribution in [-0.4, -0.2) is 62.1 Å². The average Bonchev–Trinajstić information content (AvgIpc) is 3.24. The quantitative estimate of drug-likeness (QED) is 0.372. The van der Waals surface area contributed by atoms with Crippen LogP contribution in [0.5, 0.6) is 11.5 Å². The molecule has 2 saturated heterocycles. The molecule has 0 unspecified atom stereocenters. The van der Waals surface area contributed by atoms with Crippen LogP contribution in [0.1, 0.15) is 41.9 Å². The van der Waals surface area contributed by atoms with Crippen LogP contribution in [0.2, 0.25) is 0 Å². The molecule has 0 aliphatic carbocycles. The SMILES string of the molecule is COc1ccc(C2(c3ccc(OC)cc3)NC(=O)N(CCCN3CCC(c4ccccc4)CC3)C2=O)cc1.Cl. The monoisotopic (exact) mass is 549 g/mol. The molecule has 0 saturated carbocycles. The summed E-state index contributed by atoms with van der Waals surface area (Å²) in [7, 11) is 3.20. The highest BCUT2D eigenvalue weighted by molar-refractivity contribution is 6.09. The van der Waals surface area contributed by atoms with Crippen LogP contribution in [0.4, 0.5) is 4.79 Å². The van der Waals surface area contributed by atoms with Gasteiger partial charge in [-0.3, -0.25) is 9.69 Å². The van der Waals surface area contributed by atoms with Gasteiger partial charge in [0.15, 0.2) is 5.54 Å². The van der Waals surface area contributed by atoms with Gasteiger partial charge in [-0.05, 0) is 85.8 Å². The molecule has 0 aromatic heterocycles. The average molecular weight is 550 g/mol. The summed E-state index contributed by atoms with van der Waals surface area (Å²) in [6.07, 6.45) is 2.99. The van der Waals surface area contributed by atoms with Crippen LogP contribution < -0.4 is 14.8 Å². The Morgan fingerprint density at radius 3 is 1.85 bits per heavy atom. The Morgan fingerprint density at radius 2 is 1.33 bits per heavy atom. The van der Waals surface area contributed by atoms with Crippen LogP contribution in [0.25, 0.3) is 0 Å². The van der Waals surface area contributed by atoms with E-state index in [0.29, 0.717) is 35.1 Å². The molecule has 3 amide bonds. The van der Waals surface area contributed by atoms with Crippen LogP contribution in [0.15, 0.2) is 78.9 Å². The molecule has 1 N–H and O–H groups in total. The van der Waals surface area contributed by atoms with Gasteiger partial charge < -0.3 is 19.7 Å². The van der Waals surface area contributed by atoms with E-state index in [1.165, 1.54) is 10.5 Å². The highest BCUT2D eigenvalue weighted by Crippen LogP contribution is 2.37. The van der Waals surface area contributed by atoms with Gasteiger partial charge in [0.2, 0.25) is 0 Å². The fourth-order valence-electron chi connectivity index (χ4n) is 5.69. The molecule has 39 heavy (non-hydrogen) atoms. The van der Waals surface area contributed by atoms with Gasteiger partial charge in [0.25, 0.3) is 5.91 Å². The number of carbonyl (C=O) groups excluding carboxylic acids is 2. The maximum Gasteiger partial charge on any atom is 0.325 e. The number of methoxy groups -OCH3 is 2. The Hall–Kier alpha value is -3.55. The minimum absolute atomic E-state index is 0. The third-order valence-electron chi connectivity index (χ3n) is 7.87. The van der Waals surface area contributed by atoms with E-state index in [2.05, 4.69) is 40.5 Å². The number of imide groups is 1. The number of rotatable bonds is 9. The Labute approximate surface area is 236 Å². The lowest BCUT2D eigenvalue weighted by molar-refractivity contribution is -0.130. The zero-order valence-corrected chi connectivity index (χ0v) is 23.3. The third-order valence-corrected chi connectivity index (χ3v) is 7.87. The van der Waals surface area contributed by atoms with E-state index in [-0.39, 0.29) is 24.3 Å². The highest BCUT2D eigenvalue weighted by Gasteiger charge is 2.53. The number of piperidine rings is 1. The summed E-state index contributed by atoms with van der Waals surface area (Å²) in [4.78, 5) is 31.0. The fraction of sp³-hybridized carbons (Fsp3) is 0.355. The van der Waals surface area contributed by atoms with Gasteiger partial charge in [0.1, 0.15) is 11.5 Å². The molecule has 0 spiro atoms. The van der Waals surface area contributed by atoms with Gasteiger partial charge in [-0.1, -0.05) is 54.6 Å².